The van der Waals surface area contributed by atoms with Crippen LogP contribution in [0.4, 0.5) is 5.69 Å². The molecule has 1 atom stereocenters. The fraction of sp³-hybridized carbons (Fsp3) is 0.500. The van der Waals surface area contributed by atoms with E-state index in [0.29, 0.717) is 5.92 Å². The molecule has 0 aliphatic carbocycles. The maximum absolute atomic E-state index is 12.1. The quantitative estimate of drug-likeness (QED) is 0.707. The first kappa shape index (κ1) is 11.2. The lowest BCUT2D eigenvalue weighted by Gasteiger charge is -2.33. The number of rotatable bonds is 1. The van der Waals surface area contributed by atoms with Gasteiger partial charge in [-0.25, -0.2) is 0 Å². The van der Waals surface area contributed by atoms with Crippen LogP contribution in [0.2, 0.25) is 0 Å². The van der Waals surface area contributed by atoms with Crippen molar-refractivity contribution in [3.63, 3.8) is 0 Å². The minimum absolute atomic E-state index is 0.0708. The molecule has 0 saturated carbocycles. The first-order chi connectivity index (χ1) is 7.61. The SMILES string of the molecule is CC(C)C(=O)N1CCC(C)c2ccccc21. The molecule has 2 heteroatoms. The topological polar surface area (TPSA) is 20.3 Å². The molecule has 0 bridgehead atoms. The molecular formula is C14H19NO. The Labute approximate surface area is 97.3 Å². The molecule has 2 nitrogen and oxygen atoms in total. The Balaban J connectivity index is 2.38. The number of para-hydroxylation sites is 1. The van der Waals surface area contributed by atoms with Gasteiger partial charge in [-0.15, -0.1) is 0 Å². The summed E-state index contributed by atoms with van der Waals surface area (Å²) in [5, 5.41) is 0. The predicted molar refractivity (Wildman–Crippen MR) is 66.7 cm³/mol. The number of fused-ring (bicyclic) bond motifs is 1. The van der Waals surface area contributed by atoms with Crippen molar-refractivity contribution in [3.05, 3.63) is 29.8 Å². The zero-order valence-electron chi connectivity index (χ0n) is 10.2. The minimum Gasteiger partial charge on any atom is -0.312 e. The highest BCUT2D eigenvalue weighted by Crippen LogP contribution is 2.35. The van der Waals surface area contributed by atoms with E-state index in [4.69, 9.17) is 0 Å². The Morgan fingerprint density at radius 1 is 1.38 bits per heavy atom. The lowest BCUT2D eigenvalue weighted by molar-refractivity contribution is -0.121. The van der Waals surface area contributed by atoms with Crippen LogP contribution in [0, 0.1) is 5.92 Å². The lowest BCUT2D eigenvalue weighted by Crippen LogP contribution is -2.38. The highest BCUT2D eigenvalue weighted by atomic mass is 16.2. The van der Waals surface area contributed by atoms with Gasteiger partial charge in [0.05, 0.1) is 0 Å². The Hall–Kier alpha value is -1.31. The number of amides is 1. The Kier molecular flexibility index (Phi) is 2.99. The van der Waals surface area contributed by atoms with E-state index >= 15 is 0 Å². The number of hydrogen-bond donors (Lipinski definition) is 0. The minimum atomic E-state index is 0.0708. The third kappa shape index (κ3) is 1.84. The Bertz CT molecular complexity index is 397. The lowest BCUT2D eigenvalue weighted by atomic mass is 9.91. The van der Waals surface area contributed by atoms with E-state index in [1.54, 1.807) is 0 Å². The molecule has 0 radical (unpaired) electrons. The van der Waals surface area contributed by atoms with Gasteiger partial charge in [0.25, 0.3) is 0 Å². The number of hydrogen-bond acceptors (Lipinski definition) is 1. The van der Waals surface area contributed by atoms with Gasteiger partial charge in [-0.1, -0.05) is 39.0 Å². The number of carbonyl (C=O) groups is 1. The van der Waals surface area contributed by atoms with Crippen LogP contribution >= 0.6 is 0 Å². The largest absolute Gasteiger partial charge is 0.312 e. The molecule has 1 amide bonds. The van der Waals surface area contributed by atoms with E-state index < -0.39 is 0 Å². The van der Waals surface area contributed by atoms with Gasteiger partial charge in [0.2, 0.25) is 5.91 Å². The molecule has 0 saturated heterocycles. The molecule has 0 fully saturated rings. The van der Waals surface area contributed by atoms with Crippen LogP contribution in [-0.2, 0) is 4.79 Å². The summed E-state index contributed by atoms with van der Waals surface area (Å²) in [5.74, 6) is 0.869. The molecule has 1 heterocycles. The second kappa shape index (κ2) is 4.28. The summed E-state index contributed by atoms with van der Waals surface area (Å²) in [6, 6.07) is 8.27. The number of benzene rings is 1. The van der Waals surface area contributed by atoms with E-state index in [9.17, 15) is 4.79 Å². The van der Waals surface area contributed by atoms with Crippen molar-refractivity contribution in [2.75, 3.05) is 11.4 Å². The number of carbonyl (C=O) groups excluding carboxylic acids is 1. The summed E-state index contributed by atoms with van der Waals surface area (Å²) in [7, 11) is 0. The second-order valence-corrected chi connectivity index (χ2v) is 4.89. The monoisotopic (exact) mass is 217 g/mol. The van der Waals surface area contributed by atoms with Gasteiger partial charge in [0.1, 0.15) is 0 Å². The Morgan fingerprint density at radius 2 is 2.06 bits per heavy atom. The van der Waals surface area contributed by atoms with Crippen LogP contribution in [0.3, 0.4) is 0 Å². The van der Waals surface area contributed by atoms with Crippen molar-refractivity contribution in [2.45, 2.75) is 33.1 Å². The smallest absolute Gasteiger partial charge is 0.229 e. The molecule has 86 valence electrons. The van der Waals surface area contributed by atoms with Crippen molar-refractivity contribution in [1.82, 2.24) is 0 Å². The van der Waals surface area contributed by atoms with Gasteiger partial charge < -0.3 is 4.90 Å². The first-order valence-corrected chi connectivity index (χ1v) is 6.01. The second-order valence-electron chi connectivity index (χ2n) is 4.89. The third-order valence-electron chi connectivity index (χ3n) is 3.30. The summed E-state index contributed by atoms with van der Waals surface area (Å²) in [5.41, 5.74) is 2.42. The van der Waals surface area contributed by atoms with E-state index in [0.717, 1.165) is 18.7 Å². The van der Waals surface area contributed by atoms with Gasteiger partial charge in [0.15, 0.2) is 0 Å². The molecule has 2 rings (SSSR count). The molecule has 0 N–H and O–H groups in total. The number of anilines is 1. The van der Waals surface area contributed by atoms with Crippen molar-refractivity contribution < 1.29 is 4.79 Å². The average Bonchev–Trinajstić information content (AvgIpc) is 2.29. The van der Waals surface area contributed by atoms with Crippen LogP contribution in [0.25, 0.3) is 0 Å². The summed E-state index contributed by atoms with van der Waals surface area (Å²) in [6.07, 6.45) is 1.06. The highest BCUT2D eigenvalue weighted by Gasteiger charge is 2.26. The first-order valence-electron chi connectivity index (χ1n) is 6.01. The zero-order chi connectivity index (χ0) is 11.7. The average molecular weight is 217 g/mol. The maximum Gasteiger partial charge on any atom is 0.229 e. The van der Waals surface area contributed by atoms with Gasteiger partial charge in [0, 0.05) is 18.2 Å². The van der Waals surface area contributed by atoms with E-state index in [2.05, 4.69) is 25.1 Å². The van der Waals surface area contributed by atoms with Crippen LogP contribution in [0.15, 0.2) is 24.3 Å². The fourth-order valence-corrected chi connectivity index (χ4v) is 2.29. The summed E-state index contributed by atoms with van der Waals surface area (Å²) in [6.45, 7) is 7.01. The fourth-order valence-electron chi connectivity index (χ4n) is 2.29. The standard InChI is InChI=1S/C14H19NO/c1-10(2)14(16)15-9-8-11(3)12-6-4-5-7-13(12)15/h4-7,10-11H,8-9H2,1-3H3. The van der Waals surface area contributed by atoms with E-state index in [1.807, 2.05) is 24.8 Å². The van der Waals surface area contributed by atoms with Crippen LogP contribution in [-0.4, -0.2) is 12.5 Å². The normalized spacial score (nSPS) is 19.8. The van der Waals surface area contributed by atoms with Gasteiger partial charge in [-0.2, -0.15) is 0 Å². The third-order valence-corrected chi connectivity index (χ3v) is 3.30. The van der Waals surface area contributed by atoms with Crippen LogP contribution in [0.1, 0.15) is 38.7 Å². The van der Waals surface area contributed by atoms with Gasteiger partial charge >= 0.3 is 0 Å². The van der Waals surface area contributed by atoms with E-state index in [1.165, 1.54) is 5.56 Å². The molecule has 16 heavy (non-hydrogen) atoms. The van der Waals surface area contributed by atoms with Gasteiger partial charge in [-0.3, -0.25) is 4.79 Å². The Morgan fingerprint density at radius 3 is 2.75 bits per heavy atom. The van der Waals surface area contributed by atoms with Gasteiger partial charge in [-0.05, 0) is 24.0 Å². The molecule has 1 unspecified atom stereocenters. The molecule has 0 aromatic heterocycles. The molecule has 1 aliphatic rings. The van der Waals surface area contributed by atoms with Crippen LogP contribution in [0.5, 0.6) is 0 Å². The molecule has 1 aliphatic heterocycles. The summed E-state index contributed by atoms with van der Waals surface area (Å²) >= 11 is 0. The van der Waals surface area contributed by atoms with Crippen molar-refractivity contribution >= 4 is 11.6 Å². The highest BCUT2D eigenvalue weighted by molar-refractivity contribution is 5.95. The van der Waals surface area contributed by atoms with Crippen molar-refractivity contribution in [1.29, 1.82) is 0 Å². The molecule has 0 spiro atoms. The van der Waals surface area contributed by atoms with Crippen molar-refractivity contribution in [3.8, 4) is 0 Å². The summed E-state index contributed by atoms with van der Waals surface area (Å²) in [4.78, 5) is 14.0. The zero-order valence-corrected chi connectivity index (χ0v) is 10.2. The van der Waals surface area contributed by atoms with E-state index in [-0.39, 0.29) is 11.8 Å². The molecule has 1 aromatic carbocycles. The summed E-state index contributed by atoms with van der Waals surface area (Å²) < 4.78 is 0. The molecular weight excluding hydrogens is 198 g/mol. The molecule has 1 aromatic rings. The predicted octanol–water partition coefficient (Wildman–Crippen LogP) is 3.18. The maximum atomic E-state index is 12.1. The van der Waals surface area contributed by atoms with Crippen LogP contribution < -0.4 is 4.90 Å². The van der Waals surface area contributed by atoms with Crippen molar-refractivity contribution in [2.24, 2.45) is 5.92 Å². The number of nitrogens with zero attached hydrogens (tertiary/aromatic N) is 1.